The molecule has 0 spiro atoms. The summed E-state index contributed by atoms with van der Waals surface area (Å²) >= 11 is 0. The van der Waals surface area contributed by atoms with Crippen molar-refractivity contribution >= 4 is 11.8 Å². The third-order valence-corrected chi connectivity index (χ3v) is 2.48. The molecule has 90 valence electrons. The Morgan fingerprint density at radius 3 is 2.65 bits per heavy atom. The zero-order valence-corrected chi connectivity index (χ0v) is 10.0. The van der Waals surface area contributed by atoms with Gasteiger partial charge in [0.25, 0.3) is 0 Å². The summed E-state index contributed by atoms with van der Waals surface area (Å²) in [7, 11) is 0. The van der Waals surface area contributed by atoms with Crippen molar-refractivity contribution in [1.29, 1.82) is 0 Å². The molecule has 0 atom stereocenters. The van der Waals surface area contributed by atoms with Gasteiger partial charge in [0.05, 0.1) is 0 Å². The molecular formula is C14H15F2N. The fraction of sp³-hybridized carbons (Fsp3) is 0.214. The van der Waals surface area contributed by atoms with Crippen molar-refractivity contribution in [3.05, 3.63) is 53.7 Å². The average Bonchev–Trinajstić information content (AvgIpc) is 2.32. The molecule has 0 aromatic heterocycles. The summed E-state index contributed by atoms with van der Waals surface area (Å²) in [6.45, 7) is 6.92. The van der Waals surface area contributed by atoms with Crippen molar-refractivity contribution in [2.24, 2.45) is 4.99 Å². The van der Waals surface area contributed by atoms with Gasteiger partial charge >= 0.3 is 0 Å². The van der Waals surface area contributed by atoms with Crippen LogP contribution in [0.3, 0.4) is 0 Å². The van der Waals surface area contributed by atoms with Crippen molar-refractivity contribution in [2.45, 2.75) is 20.3 Å². The zero-order valence-electron chi connectivity index (χ0n) is 10.0. The third kappa shape index (κ3) is 3.09. The number of benzene rings is 1. The van der Waals surface area contributed by atoms with Gasteiger partial charge in [0.2, 0.25) is 0 Å². The van der Waals surface area contributed by atoms with Crippen LogP contribution in [0.1, 0.15) is 25.0 Å². The van der Waals surface area contributed by atoms with Gasteiger partial charge < -0.3 is 0 Å². The predicted octanol–water partition coefficient (Wildman–Crippen LogP) is 4.14. The van der Waals surface area contributed by atoms with Crippen molar-refractivity contribution in [1.82, 2.24) is 0 Å². The molecule has 0 aliphatic carbocycles. The molecule has 0 aliphatic rings. The van der Waals surface area contributed by atoms with E-state index in [4.69, 9.17) is 0 Å². The van der Waals surface area contributed by atoms with E-state index in [2.05, 4.69) is 11.6 Å². The minimum Gasteiger partial charge on any atom is -0.265 e. The van der Waals surface area contributed by atoms with Gasteiger partial charge in [-0.3, -0.25) is 4.99 Å². The van der Waals surface area contributed by atoms with E-state index in [1.165, 1.54) is 12.4 Å². The molecule has 0 N–H and O–H groups in total. The van der Waals surface area contributed by atoms with Crippen LogP contribution in [0, 0.1) is 11.6 Å². The number of rotatable bonds is 4. The molecular weight excluding hydrogens is 220 g/mol. The second-order valence-corrected chi connectivity index (χ2v) is 3.58. The predicted molar refractivity (Wildman–Crippen MR) is 68.1 cm³/mol. The Hall–Kier alpha value is -1.77. The molecule has 0 aliphatic heterocycles. The molecule has 0 unspecified atom stereocenters. The molecule has 1 rings (SSSR count). The largest absolute Gasteiger partial charge is 0.265 e. The first-order valence-corrected chi connectivity index (χ1v) is 5.40. The zero-order chi connectivity index (χ0) is 12.8. The summed E-state index contributed by atoms with van der Waals surface area (Å²) in [5.41, 5.74) is 1.27. The van der Waals surface area contributed by atoms with Crippen LogP contribution in [0.2, 0.25) is 0 Å². The van der Waals surface area contributed by atoms with E-state index in [1.807, 2.05) is 0 Å². The van der Waals surface area contributed by atoms with E-state index >= 15 is 0 Å². The molecule has 17 heavy (non-hydrogen) atoms. The number of allylic oxidation sites excluding steroid dienone is 2. The maximum atomic E-state index is 13.7. The summed E-state index contributed by atoms with van der Waals surface area (Å²) in [6.07, 6.45) is 4.96. The topological polar surface area (TPSA) is 12.4 Å². The molecule has 1 aromatic carbocycles. The van der Waals surface area contributed by atoms with Gasteiger partial charge in [-0.1, -0.05) is 25.6 Å². The third-order valence-electron chi connectivity index (χ3n) is 2.48. The lowest BCUT2D eigenvalue weighted by atomic mass is 10.0. The molecule has 1 nitrogen and oxygen atoms in total. The molecule has 0 amide bonds. The number of halogens is 2. The quantitative estimate of drug-likeness (QED) is 0.695. The number of aryl methyl sites for hydroxylation is 1. The van der Waals surface area contributed by atoms with Crippen molar-refractivity contribution in [3.63, 3.8) is 0 Å². The number of aliphatic imine (C=N–C) groups is 1. The summed E-state index contributed by atoms with van der Waals surface area (Å²) in [6, 6.07) is 3.20. The van der Waals surface area contributed by atoms with E-state index in [9.17, 15) is 8.78 Å². The lowest BCUT2D eigenvalue weighted by molar-refractivity contribution is 0.497. The van der Waals surface area contributed by atoms with E-state index in [-0.39, 0.29) is 5.56 Å². The molecule has 0 saturated heterocycles. The fourth-order valence-corrected chi connectivity index (χ4v) is 1.47. The Morgan fingerprint density at radius 1 is 1.35 bits per heavy atom. The van der Waals surface area contributed by atoms with E-state index in [0.717, 1.165) is 0 Å². The second kappa shape index (κ2) is 6.09. The Kier molecular flexibility index (Phi) is 4.76. The summed E-state index contributed by atoms with van der Waals surface area (Å²) in [4.78, 5) is 3.77. The minimum atomic E-state index is -0.801. The molecule has 0 bridgehead atoms. The summed E-state index contributed by atoms with van der Waals surface area (Å²) < 4.78 is 27.3. The van der Waals surface area contributed by atoms with Gasteiger partial charge in [0, 0.05) is 18.0 Å². The van der Waals surface area contributed by atoms with Crippen LogP contribution in [-0.2, 0) is 6.42 Å². The smallest absolute Gasteiger partial charge is 0.166 e. The van der Waals surface area contributed by atoms with Gasteiger partial charge in [-0.2, -0.15) is 0 Å². The lowest BCUT2D eigenvalue weighted by Gasteiger charge is -2.07. The van der Waals surface area contributed by atoms with Gasteiger partial charge in [-0.15, -0.1) is 0 Å². The van der Waals surface area contributed by atoms with Crippen molar-refractivity contribution < 1.29 is 8.78 Å². The van der Waals surface area contributed by atoms with E-state index in [0.29, 0.717) is 17.6 Å². The highest BCUT2D eigenvalue weighted by atomic mass is 19.2. The summed E-state index contributed by atoms with van der Waals surface area (Å²) in [5, 5.41) is 0. The van der Waals surface area contributed by atoms with E-state index < -0.39 is 11.6 Å². The first kappa shape index (κ1) is 13.3. The van der Waals surface area contributed by atoms with Crippen LogP contribution >= 0.6 is 0 Å². The van der Waals surface area contributed by atoms with Gasteiger partial charge in [0.1, 0.15) is 0 Å². The highest BCUT2D eigenvalue weighted by molar-refractivity contribution is 5.84. The molecule has 0 fully saturated rings. The van der Waals surface area contributed by atoms with E-state index in [1.54, 1.807) is 32.1 Å². The first-order chi connectivity index (χ1) is 8.11. The maximum Gasteiger partial charge on any atom is 0.166 e. The monoisotopic (exact) mass is 235 g/mol. The van der Waals surface area contributed by atoms with Gasteiger partial charge in [-0.25, -0.2) is 8.78 Å². The van der Waals surface area contributed by atoms with Gasteiger partial charge in [-0.05, 0) is 30.6 Å². The summed E-state index contributed by atoms with van der Waals surface area (Å²) in [5.74, 6) is -1.57. The maximum absolute atomic E-state index is 13.7. The Morgan fingerprint density at radius 2 is 2.06 bits per heavy atom. The Balaban J connectivity index is 3.15. The van der Waals surface area contributed by atoms with Crippen LogP contribution < -0.4 is 0 Å². The highest BCUT2D eigenvalue weighted by Crippen LogP contribution is 2.22. The molecule has 1 aromatic rings. The Bertz CT molecular complexity index is 473. The van der Waals surface area contributed by atoms with Crippen LogP contribution in [0.5, 0.6) is 0 Å². The molecule has 0 saturated carbocycles. The molecule has 3 heteroatoms. The van der Waals surface area contributed by atoms with Crippen LogP contribution in [0.25, 0.3) is 5.57 Å². The molecule has 0 radical (unpaired) electrons. The van der Waals surface area contributed by atoms with Gasteiger partial charge in [0.15, 0.2) is 11.6 Å². The van der Waals surface area contributed by atoms with Crippen LogP contribution in [0.15, 0.2) is 36.0 Å². The average molecular weight is 235 g/mol. The first-order valence-electron chi connectivity index (χ1n) is 5.40. The highest BCUT2D eigenvalue weighted by Gasteiger charge is 2.12. The van der Waals surface area contributed by atoms with Crippen LogP contribution in [0.4, 0.5) is 8.78 Å². The normalized spacial score (nSPS) is 12.1. The standard InChI is InChI=1S/C14H15F2N/c1-4-11-6-7-12(14(16)13(11)15)10(3)8-9-17-5-2/h5-9H,2,4H2,1,3H3/b10-8+,17-9?. The minimum absolute atomic E-state index is 0.259. The van der Waals surface area contributed by atoms with Crippen LogP contribution in [-0.4, -0.2) is 6.21 Å². The number of nitrogens with zero attached hydrogens (tertiary/aromatic N) is 1. The van der Waals surface area contributed by atoms with Crippen molar-refractivity contribution in [3.8, 4) is 0 Å². The fourth-order valence-electron chi connectivity index (χ4n) is 1.47. The SMILES string of the molecule is C=CN=C/C=C(\C)c1ccc(CC)c(F)c1F. The van der Waals surface area contributed by atoms with Crippen molar-refractivity contribution in [2.75, 3.05) is 0 Å². The number of hydrogen-bond donors (Lipinski definition) is 0. The number of hydrogen-bond acceptors (Lipinski definition) is 1. The second-order valence-electron chi connectivity index (χ2n) is 3.58. The Labute approximate surface area is 100 Å². The lowest BCUT2D eigenvalue weighted by Crippen LogP contribution is -1.97. The molecule has 0 heterocycles.